The van der Waals surface area contributed by atoms with Crippen LogP contribution in [0.2, 0.25) is 5.02 Å². The molecule has 0 N–H and O–H groups in total. The molecule has 4 aromatic rings. The molecule has 0 radical (unpaired) electrons. The second-order valence-corrected chi connectivity index (χ2v) is 8.60. The number of halogens is 1. The van der Waals surface area contributed by atoms with Crippen molar-refractivity contribution in [1.82, 2.24) is 29.5 Å². The molecule has 1 aliphatic heterocycles. The smallest absolute Gasteiger partial charge is 0.131 e. The monoisotopic (exact) mass is 419 g/mol. The van der Waals surface area contributed by atoms with Crippen LogP contribution in [0.3, 0.4) is 0 Å². The Balaban J connectivity index is 1.29. The maximum Gasteiger partial charge on any atom is 0.131 e. The molecule has 0 spiro atoms. The van der Waals surface area contributed by atoms with E-state index in [1.807, 2.05) is 41.6 Å². The average molecular weight is 420 g/mol. The molecule has 152 valence electrons. The molecule has 1 saturated heterocycles. The summed E-state index contributed by atoms with van der Waals surface area (Å²) in [6.45, 7) is 1.86. The number of piperidine rings is 1. The summed E-state index contributed by atoms with van der Waals surface area (Å²) >= 11 is 6.68. The first-order chi connectivity index (χ1) is 14.8. The van der Waals surface area contributed by atoms with E-state index in [2.05, 4.69) is 42.0 Å². The highest BCUT2D eigenvalue weighted by Crippen LogP contribution is 2.37. The Bertz CT molecular complexity index is 1190. The first-order valence-electron chi connectivity index (χ1n) is 10.5. The number of benzene rings is 1. The highest BCUT2D eigenvalue weighted by Gasteiger charge is 2.26. The number of hydrogen-bond donors (Lipinski definition) is 0. The Morgan fingerprint density at radius 2 is 1.73 bits per heavy atom. The van der Waals surface area contributed by atoms with Crippen LogP contribution in [0.1, 0.15) is 43.5 Å². The van der Waals surface area contributed by atoms with Crippen LogP contribution in [0.25, 0.3) is 16.6 Å². The lowest BCUT2D eigenvalue weighted by atomic mass is 9.95. The van der Waals surface area contributed by atoms with E-state index in [1.54, 1.807) is 0 Å². The summed E-state index contributed by atoms with van der Waals surface area (Å²) in [5.74, 6) is 1.35. The molecule has 0 bridgehead atoms. The van der Waals surface area contributed by atoms with E-state index >= 15 is 0 Å². The average Bonchev–Trinajstić information content (AvgIpc) is 3.38. The van der Waals surface area contributed by atoms with E-state index in [0.717, 1.165) is 59.1 Å². The van der Waals surface area contributed by atoms with E-state index in [9.17, 15) is 0 Å². The van der Waals surface area contributed by atoms with Crippen LogP contribution >= 0.6 is 11.6 Å². The van der Waals surface area contributed by atoms with Gasteiger partial charge in [-0.2, -0.15) is 10.2 Å². The molecule has 0 amide bonds. The molecular weight excluding hydrogens is 398 g/mol. The van der Waals surface area contributed by atoms with Crippen molar-refractivity contribution in [1.29, 1.82) is 0 Å². The second kappa shape index (κ2) is 7.09. The minimum atomic E-state index is 0.406. The zero-order chi connectivity index (χ0) is 20.1. The van der Waals surface area contributed by atoms with Crippen molar-refractivity contribution in [3.05, 3.63) is 60.0 Å². The zero-order valence-electron chi connectivity index (χ0n) is 16.5. The Morgan fingerprint density at radius 3 is 2.50 bits per heavy atom. The molecule has 1 aliphatic carbocycles. The fourth-order valence-corrected chi connectivity index (χ4v) is 4.65. The van der Waals surface area contributed by atoms with Crippen LogP contribution < -0.4 is 4.90 Å². The van der Waals surface area contributed by atoms with Crippen LogP contribution in [0.15, 0.2) is 49.2 Å². The zero-order valence-corrected chi connectivity index (χ0v) is 17.3. The van der Waals surface area contributed by atoms with Crippen molar-refractivity contribution in [2.75, 3.05) is 18.0 Å². The number of rotatable bonds is 4. The predicted octanol–water partition coefficient (Wildman–Crippen LogP) is 4.38. The summed E-state index contributed by atoms with van der Waals surface area (Å²) in [5, 5.41) is 10.9. The van der Waals surface area contributed by atoms with Crippen molar-refractivity contribution in [3.8, 4) is 5.69 Å². The molecular formula is C22H22ClN7. The number of hydrogen-bond acceptors (Lipinski definition) is 5. The van der Waals surface area contributed by atoms with E-state index in [0.29, 0.717) is 12.0 Å². The van der Waals surface area contributed by atoms with Gasteiger partial charge in [0, 0.05) is 36.8 Å². The van der Waals surface area contributed by atoms with Crippen LogP contribution in [0, 0.1) is 0 Å². The lowest BCUT2D eigenvalue weighted by Crippen LogP contribution is -2.33. The van der Waals surface area contributed by atoms with Gasteiger partial charge in [-0.25, -0.2) is 14.6 Å². The molecule has 2 fully saturated rings. The molecule has 30 heavy (non-hydrogen) atoms. The summed E-state index contributed by atoms with van der Waals surface area (Å²) in [6.07, 6.45) is 14.0. The largest absolute Gasteiger partial charge is 0.370 e. The van der Waals surface area contributed by atoms with E-state index in [1.165, 1.54) is 12.8 Å². The number of aromatic nitrogens is 6. The van der Waals surface area contributed by atoms with Crippen LogP contribution in [-0.2, 0) is 0 Å². The molecule has 1 aromatic carbocycles. The maximum atomic E-state index is 6.68. The number of nitrogens with zero attached hydrogens (tertiary/aromatic N) is 7. The van der Waals surface area contributed by atoms with Crippen molar-refractivity contribution in [2.45, 2.75) is 37.6 Å². The first kappa shape index (κ1) is 17.9. The lowest BCUT2D eigenvalue weighted by Gasteiger charge is -2.33. The van der Waals surface area contributed by atoms with Gasteiger partial charge < -0.3 is 4.90 Å². The van der Waals surface area contributed by atoms with Gasteiger partial charge in [0.25, 0.3) is 0 Å². The summed E-state index contributed by atoms with van der Waals surface area (Å²) in [5.41, 5.74) is 3.11. The summed E-state index contributed by atoms with van der Waals surface area (Å²) < 4.78 is 4.02. The van der Waals surface area contributed by atoms with E-state index in [-0.39, 0.29) is 0 Å². The van der Waals surface area contributed by atoms with E-state index in [4.69, 9.17) is 11.6 Å². The fraction of sp³-hybridized carbons (Fsp3) is 0.364. The third-order valence-corrected chi connectivity index (χ3v) is 6.48. The quantitative estimate of drug-likeness (QED) is 0.491. The molecule has 6 rings (SSSR count). The Morgan fingerprint density at radius 1 is 0.933 bits per heavy atom. The van der Waals surface area contributed by atoms with Gasteiger partial charge in [-0.3, -0.25) is 4.68 Å². The highest BCUT2D eigenvalue weighted by molar-refractivity contribution is 6.34. The van der Waals surface area contributed by atoms with Gasteiger partial charge in [0.1, 0.15) is 11.5 Å². The molecule has 0 unspecified atom stereocenters. The SMILES string of the molecule is Clc1cc2cnn(-c3cnn(C4CC4)c3)c2cc1N1CCC(c2ncccn2)CC1. The van der Waals surface area contributed by atoms with Gasteiger partial charge in [0.2, 0.25) is 0 Å². The second-order valence-electron chi connectivity index (χ2n) is 8.20. The van der Waals surface area contributed by atoms with Gasteiger partial charge in [0.05, 0.1) is 40.9 Å². The molecule has 2 aliphatic rings. The van der Waals surface area contributed by atoms with Gasteiger partial charge in [-0.15, -0.1) is 0 Å². The topological polar surface area (TPSA) is 64.7 Å². The van der Waals surface area contributed by atoms with Gasteiger partial charge in [-0.05, 0) is 43.9 Å². The van der Waals surface area contributed by atoms with Crippen molar-refractivity contribution in [2.24, 2.45) is 0 Å². The third-order valence-electron chi connectivity index (χ3n) is 6.18. The number of anilines is 1. The predicted molar refractivity (Wildman–Crippen MR) is 116 cm³/mol. The minimum absolute atomic E-state index is 0.406. The Kier molecular flexibility index (Phi) is 4.23. The maximum absolute atomic E-state index is 6.68. The molecule has 8 heteroatoms. The lowest BCUT2D eigenvalue weighted by molar-refractivity contribution is 0.485. The van der Waals surface area contributed by atoms with Crippen LogP contribution in [-0.4, -0.2) is 42.6 Å². The van der Waals surface area contributed by atoms with Crippen LogP contribution in [0.4, 0.5) is 5.69 Å². The van der Waals surface area contributed by atoms with Crippen LogP contribution in [0.5, 0.6) is 0 Å². The van der Waals surface area contributed by atoms with Gasteiger partial charge >= 0.3 is 0 Å². The van der Waals surface area contributed by atoms with Crippen molar-refractivity contribution < 1.29 is 0 Å². The third kappa shape index (κ3) is 3.13. The van der Waals surface area contributed by atoms with E-state index < -0.39 is 0 Å². The minimum Gasteiger partial charge on any atom is -0.370 e. The highest BCUT2D eigenvalue weighted by atomic mass is 35.5. The van der Waals surface area contributed by atoms with Gasteiger partial charge in [-0.1, -0.05) is 11.6 Å². The molecule has 1 saturated carbocycles. The Labute approximate surface area is 179 Å². The standard InChI is InChI=1S/C22H22ClN7/c23-19-10-16-12-27-30(18-13-26-29(14-18)17-2-3-17)20(16)11-21(19)28-8-4-15(5-9-28)22-24-6-1-7-25-22/h1,6-7,10-15,17H,2-5,8-9H2. The van der Waals surface area contributed by atoms with Gasteiger partial charge in [0.15, 0.2) is 0 Å². The summed E-state index contributed by atoms with van der Waals surface area (Å²) in [6, 6.07) is 6.61. The fourth-order valence-electron chi connectivity index (χ4n) is 4.36. The molecule has 0 atom stereocenters. The molecule has 4 heterocycles. The Hall–Kier alpha value is -2.93. The first-order valence-corrected chi connectivity index (χ1v) is 10.9. The summed E-state index contributed by atoms with van der Waals surface area (Å²) in [7, 11) is 0. The molecule has 7 nitrogen and oxygen atoms in total. The summed E-state index contributed by atoms with van der Waals surface area (Å²) in [4.78, 5) is 11.2. The van der Waals surface area contributed by atoms with Crippen molar-refractivity contribution >= 4 is 28.2 Å². The molecule has 3 aromatic heterocycles. The van der Waals surface area contributed by atoms with Crippen molar-refractivity contribution in [3.63, 3.8) is 0 Å². The number of fused-ring (bicyclic) bond motifs is 1. The normalized spacial score (nSPS) is 17.7.